The zero-order valence-corrected chi connectivity index (χ0v) is 12.6. The maximum Gasteiger partial charge on any atom is 0.291 e. The van der Waals surface area contributed by atoms with Crippen molar-refractivity contribution in [1.29, 1.82) is 0 Å². The molecule has 0 radical (unpaired) electrons. The Hall–Kier alpha value is -1.48. The summed E-state index contributed by atoms with van der Waals surface area (Å²) in [5, 5.41) is 7.53. The van der Waals surface area contributed by atoms with E-state index in [9.17, 15) is 8.78 Å². The van der Waals surface area contributed by atoms with Crippen LogP contribution in [-0.4, -0.2) is 24.7 Å². The molecule has 104 valence electrons. The minimum absolute atomic E-state index is 0.263. The van der Waals surface area contributed by atoms with Gasteiger partial charge in [-0.05, 0) is 28.9 Å². The zero-order chi connectivity index (χ0) is 14.3. The van der Waals surface area contributed by atoms with Crippen molar-refractivity contribution in [2.75, 3.05) is 0 Å². The van der Waals surface area contributed by atoms with Crippen molar-refractivity contribution in [1.82, 2.24) is 24.7 Å². The molecule has 3 aromatic heterocycles. The van der Waals surface area contributed by atoms with Crippen LogP contribution in [0, 0.1) is 6.92 Å². The van der Waals surface area contributed by atoms with E-state index in [-0.39, 0.29) is 5.01 Å². The summed E-state index contributed by atoms with van der Waals surface area (Å²) in [6.07, 6.45) is -0.920. The van der Waals surface area contributed by atoms with Crippen molar-refractivity contribution >= 4 is 38.4 Å². The van der Waals surface area contributed by atoms with E-state index in [0.29, 0.717) is 17.2 Å². The van der Waals surface area contributed by atoms with Gasteiger partial charge in [0.25, 0.3) is 6.43 Å². The Morgan fingerprint density at radius 3 is 2.90 bits per heavy atom. The van der Waals surface area contributed by atoms with Crippen LogP contribution >= 0.6 is 27.3 Å². The third-order valence-electron chi connectivity index (χ3n) is 2.73. The Bertz CT molecular complexity index is 769. The quantitative estimate of drug-likeness (QED) is 0.719. The molecule has 0 unspecified atom stereocenters. The average molecular weight is 360 g/mol. The Morgan fingerprint density at radius 1 is 1.40 bits per heavy atom. The molecule has 0 saturated heterocycles. The first kappa shape index (κ1) is 13.5. The molecular formula is C11H8BrF2N5S. The second kappa shape index (κ2) is 5.13. The molecule has 5 nitrogen and oxygen atoms in total. The predicted molar refractivity (Wildman–Crippen MR) is 73.9 cm³/mol. The molecule has 3 rings (SSSR count). The molecule has 0 spiro atoms. The highest BCUT2D eigenvalue weighted by atomic mass is 79.9. The number of pyridine rings is 1. The summed E-state index contributed by atoms with van der Waals surface area (Å²) < 4.78 is 27.7. The van der Waals surface area contributed by atoms with E-state index in [0.717, 1.165) is 27.2 Å². The van der Waals surface area contributed by atoms with Crippen LogP contribution in [0.25, 0.3) is 11.2 Å². The third-order valence-corrected chi connectivity index (χ3v) is 4.07. The van der Waals surface area contributed by atoms with E-state index in [1.165, 1.54) is 0 Å². The van der Waals surface area contributed by atoms with Gasteiger partial charge in [-0.25, -0.2) is 18.7 Å². The zero-order valence-electron chi connectivity index (χ0n) is 10.2. The number of hydrogen-bond acceptors (Lipinski definition) is 5. The molecule has 3 aromatic rings. The number of rotatable bonds is 3. The van der Waals surface area contributed by atoms with E-state index in [1.807, 2.05) is 17.6 Å². The lowest BCUT2D eigenvalue weighted by Crippen LogP contribution is -2.01. The summed E-state index contributed by atoms with van der Waals surface area (Å²) in [7, 11) is 0. The van der Waals surface area contributed by atoms with Crippen molar-refractivity contribution in [2.45, 2.75) is 19.9 Å². The van der Waals surface area contributed by atoms with Gasteiger partial charge in [-0.2, -0.15) is 0 Å². The molecule has 0 aliphatic rings. The minimum atomic E-state index is -2.59. The minimum Gasteiger partial charge on any atom is -0.320 e. The number of hydrogen-bond donors (Lipinski definition) is 0. The lowest BCUT2D eigenvalue weighted by molar-refractivity contribution is 0.150. The molecule has 0 N–H and O–H groups in total. The summed E-state index contributed by atoms with van der Waals surface area (Å²) in [4.78, 5) is 8.54. The molecule has 0 aliphatic carbocycles. The molecule has 0 atom stereocenters. The van der Waals surface area contributed by atoms with Crippen LogP contribution in [0.3, 0.4) is 0 Å². The van der Waals surface area contributed by atoms with Gasteiger partial charge in [-0.15, -0.1) is 10.2 Å². The molecule has 0 aliphatic heterocycles. The SMILES string of the molecule is Cc1nc2ncc(Br)cc2n1Cc1nnc(C(F)F)s1. The first-order valence-corrected chi connectivity index (χ1v) is 7.24. The number of aromatic nitrogens is 5. The molecule has 0 bridgehead atoms. The number of aryl methyl sites for hydroxylation is 1. The molecule has 9 heteroatoms. The number of halogens is 3. The van der Waals surface area contributed by atoms with E-state index in [2.05, 4.69) is 36.1 Å². The fourth-order valence-corrected chi connectivity index (χ4v) is 2.85. The van der Waals surface area contributed by atoms with E-state index >= 15 is 0 Å². The van der Waals surface area contributed by atoms with Crippen LogP contribution in [-0.2, 0) is 6.54 Å². The van der Waals surface area contributed by atoms with Crippen LogP contribution in [0.5, 0.6) is 0 Å². The third kappa shape index (κ3) is 2.42. The maximum absolute atomic E-state index is 12.5. The van der Waals surface area contributed by atoms with Crippen LogP contribution in [0.2, 0.25) is 0 Å². The van der Waals surface area contributed by atoms with Crippen molar-refractivity contribution < 1.29 is 8.78 Å². The summed E-state index contributed by atoms with van der Waals surface area (Å²) in [5.74, 6) is 0.749. The van der Waals surface area contributed by atoms with Gasteiger partial charge < -0.3 is 4.57 Å². The van der Waals surface area contributed by atoms with Crippen molar-refractivity contribution in [3.8, 4) is 0 Å². The van der Waals surface area contributed by atoms with Crippen molar-refractivity contribution in [3.63, 3.8) is 0 Å². The Labute approximate surface area is 124 Å². The number of alkyl halides is 2. The van der Waals surface area contributed by atoms with Gasteiger partial charge in [-0.1, -0.05) is 11.3 Å². The molecule has 0 saturated carbocycles. The van der Waals surface area contributed by atoms with Gasteiger partial charge >= 0.3 is 0 Å². The van der Waals surface area contributed by atoms with Gasteiger partial charge in [0.05, 0.1) is 12.1 Å². The monoisotopic (exact) mass is 359 g/mol. The maximum atomic E-state index is 12.5. The van der Waals surface area contributed by atoms with Crippen LogP contribution in [0.15, 0.2) is 16.7 Å². The molecule has 0 aromatic carbocycles. The Morgan fingerprint density at radius 2 is 2.20 bits per heavy atom. The average Bonchev–Trinajstić information content (AvgIpc) is 2.97. The molecular weight excluding hydrogens is 352 g/mol. The molecule has 3 heterocycles. The molecule has 0 amide bonds. The summed E-state index contributed by atoms with van der Waals surface area (Å²) >= 11 is 4.26. The second-order valence-electron chi connectivity index (χ2n) is 4.08. The Balaban J connectivity index is 2.01. The largest absolute Gasteiger partial charge is 0.320 e. The van der Waals surface area contributed by atoms with Gasteiger partial charge in [-0.3, -0.25) is 0 Å². The molecule has 20 heavy (non-hydrogen) atoms. The number of nitrogens with zero attached hydrogens (tertiary/aromatic N) is 5. The standard InChI is InChI=1S/C11H8BrF2N5S/c1-5-16-10-7(2-6(12)3-15-10)19(5)4-8-17-18-11(20-8)9(13)14/h2-3,9H,4H2,1H3. The van der Waals surface area contributed by atoms with Gasteiger partial charge in [0.1, 0.15) is 10.8 Å². The van der Waals surface area contributed by atoms with Crippen LogP contribution in [0.4, 0.5) is 8.78 Å². The van der Waals surface area contributed by atoms with Gasteiger partial charge in [0, 0.05) is 10.7 Å². The first-order chi connectivity index (χ1) is 9.54. The van der Waals surface area contributed by atoms with Crippen molar-refractivity contribution in [3.05, 3.63) is 32.6 Å². The number of fused-ring (bicyclic) bond motifs is 1. The van der Waals surface area contributed by atoms with Crippen molar-refractivity contribution in [2.24, 2.45) is 0 Å². The fraction of sp³-hybridized carbons (Fsp3) is 0.273. The molecule has 0 fully saturated rings. The van der Waals surface area contributed by atoms with Crippen LogP contribution in [0.1, 0.15) is 22.3 Å². The van der Waals surface area contributed by atoms with E-state index < -0.39 is 6.43 Å². The summed E-state index contributed by atoms with van der Waals surface area (Å²) in [5.41, 5.74) is 1.44. The lowest BCUT2D eigenvalue weighted by Gasteiger charge is -2.03. The second-order valence-corrected chi connectivity index (χ2v) is 6.09. The summed E-state index contributed by atoms with van der Waals surface area (Å²) in [6, 6.07) is 1.89. The normalized spacial score (nSPS) is 11.7. The summed E-state index contributed by atoms with van der Waals surface area (Å²) in [6.45, 7) is 2.19. The first-order valence-electron chi connectivity index (χ1n) is 5.63. The van der Waals surface area contributed by atoms with Gasteiger partial charge in [0.15, 0.2) is 10.7 Å². The fourth-order valence-electron chi connectivity index (χ4n) is 1.85. The van der Waals surface area contributed by atoms with Gasteiger partial charge in [0.2, 0.25) is 0 Å². The smallest absolute Gasteiger partial charge is 0.291 e. The topological polar surface area (TPSA) is 56.5 Å². The van der Waals surface area contributed by atoms with Crippen LogP contribution < -0.4 is 0 Å². The predicted octanol–water partition coefficient (Wildman–Crippen LogP) is 3.34. The highest BCUT2D eigenvalue weighted by Gasteiger charge is 2.16. The van der Waals surface area contributed by atoms with E-state index in [4.69, 9.17) is 0 Å². The van der Waals surface area contributed by atoms with E-state index in [1.54, 1.807) is 6.20 Å². The lowest BCUT2D eigenvalue weighted by atomic mass is 10.4. The Kier molecular flexibility index (Phi) is 3.47. The number of imidazole rings is 1. The highest BCUT2D eigenvalue weighted by molar-refractivity contribution is 9.10. The highest BCUT2D eigenvalue weighted by Crippen LogP contribution is 2.25.